The molecule has 0 aromatic rings. The molecule has 1 fully saturated rings. The number of carbonyl (C=O) groups is 2. The molecular weight excluding hydrogens is 268 g/mol. The summed E-state index contributed by atoms with van der Waals surface area (Å²) >= 11 is 0. The van der Waals surface area contributed by atoms with Crippen LogP contribution in [-0.2, 0) is 9.59 Å². The topological polar surface area (TPSA) is 78.4 Å². The molecule has 2 unspecified atom stereocenters. The Bertz CT molecular complexity index is 368. The molecule has 0 aromatic carbocycles. The fourth-order valence-electron chi connectivity index (χ4n) is 3.09. The third-order valence-corrected chi connectivity index (χ3v) is 4.25. The molecule has 5 heteroatoms. The van der Waals surface area contributed by atoms with Gasteiger partial charge >= 0.3 is 5.97 Å². The third kappa shape index (κ3) is 5.65. The normalized spacial score (nSPS) is 24.4. The Balaban J connectivity index is 2.75. The molecule has 3 N–H and O–H groups in total. The van der Waals surface area contributed by atoms with Crippen LogP contribution in [0.25, 0.3) is 0 Å². The van der Waals surface area contributed by atoms with Gasteiger partial charge < -0.3 is 15.7 Å². The Morgan fingerprint density at radius 1 is 1.38 bits per heavy atom. The molecule has 1 heterocycles. The van der Waals surface area contributed by atoms with Crippen molar-refractivity contribution in [3.63, 3.8) is 0 Å². The molecule has 0 aliphatic carbocycles. The van der Waals surface area contributed by atoms with E-state index in [1.165, 1.54) is 0 Å². The van der Waals surface area contributed by atoms with E-state index in [1.54, 1.807) is 0 Å². The van der Waals surface area contributed by atoms with Crippen molar-refractivity contribution in [1.29, 1.82) is 0 Å². The van der Waals surface area contributed by atoms with E-state index in [1.807, 2.05) is 6.92 Å². The fourth-order valence-corrected chi connectivity index (χ4v) is 3.09. The minimum absolute atomic E-state index is 0.00713. The summed E-state index contributed by atoms with van der Waals surface area (Å²) < 4.78 is 0. The highest BCUT2D eigenvalue weighted by Crippen LogP contribution is 2.31. The first-order valence-corrected chi connectivity index (χ1v) is 7.92. The van der Waals surface area contributed by atoms with Gasteiger partial charge in [-0.2, -0.15) is 0 Å². The highest BCUT2D eigenvalue weighted by atomic mass is 16.4. The summed E-state index contributed by atoms with van der Waals surface area (Å²) in [5.74, 6) is -0.857. The second kappa shape index (κ2) is 7.25. The molecule has 0 bridgehead atoms. The van der Waals surface area contributed by atoms with Crippen molar-refractivity contribution in [3.05, 3.63) is 0 Å². The Labute approximate surface area is 127 Å². The Hall–Kier alpha value is -1.10. The zero-order chi connectivity index (χ0) is 16.1. The molecule has 122 valence electrons. The summed E-state index contributed by atoms with van der Waals surface area (Å²) in [5.41, 5.74) is -0.398. The number of carboxylic acids is 1. The predicted molar refractivity (Wildman–Crippen MR) is 83.1 cm³/mol. The quantitative estimate of drug-likeness (QED) is 0.702. The average molecular weight is 298 g/mol. The molecule has 0 saturated carbocycles. The van der Waals surface area contributed by atoms with Crippen molar-refractivity contribution in [1.82, 2.24) is 10.6 Å². The molecule has 0 radical (unpaired) electrons. The van der Waals surface area contributed by atoms with Crippen molar-refractivity contribution < 1.29 is 14.7 Å². The summed E-state index contributed by atoms with van der Waals surface area (Å²) in [6.07, 6.45) is 3.29. The van der Waals surface area contributed by atoms with E-state index in [2.05, 4.69) is 31.4 Å². The average Bonchev–Trinajstić information content (AvgIpc) is 2.36. The van der Waals surface area contributed by atoms with Crippen LogP contribution in [0.4, 0.5) is 0 Å². The smallest absolute Gasteiger partial charge is 0.305 e. The molecule has 5 nitrogen and oxygen atoms in total. The predicted octanol–water partition coefficient (Wildman–Crippen LogP) is 2.16. The van der Waals surface area contributed by atoms with Crippen LogP contribution < -0.4 is 10.6 Å². The van der Waals surface area contributed by atoms with Crippen LogP contribution >= 0.6 is 0 Å². The lowest BCUT2D eigenvalue weighted by atomic mass is 9.77. The van der Waals surface area contributed by atoms with Gasteiger partial charge in [-0.1, -0.05) is 27.7 Å². The Morgan fingerprint density at radius 2 is 2.05 bits per heavy atom. The summed E-state index contributed by atoms with van der Waals surface area (Å²) in [6.45, 7) is 9.85. The van der Waals surface area contributed by atoms with Gasteiger partial charge in [0.15, 0.2) is 0 Å². The number of nitrogens with one attached hydrogen (secondary N) is 2. The highest BCUT2D eigenvalue weighted by molar-refractivity contribution is 5.83. The van der Waals surface area contributed by atoms with Crippen molar-refractivity contribution in [2.24, 2.45) is 10.8 Å². The van der Waals surface area contributed by atoms with E-state index < -0.39 is 5.97 Å². The van der Waals surface area contributed by atoms with Crippen LogP contribution in [-0.4, -0.2) is 36.1 Å². The Morgan fingerprint density at radius 3 is 2.48 bits per heavy atom. The number of hydrogen-bond donors (Lipinski definition) is 3. The van der Waals surface area contributed by atoms with Crippen molar-refractivity contribution >= 4 is 11.9 Å². The van der Waals surface area contributed by atoms with Gasteiger partial charge in [0.2, 0.25) is 5.91 Å². The molecule has 1 amide bonds. The molecular formula is C16H30N2O3. The summed E-state index contributed by atoms with van der Waals surface area (Å²) in [5, 5.41) is 15.4. The Kier molecular flexibility index (Phi) is 6.20. The lowest BCUT2D eigenvalue weighted by Crippen LogP contribution is -2.53. The maximum atomic E-state index is 12.7. The molecule has 1 rings (SSSR count). The van der Waals surface area contributed by atoms with E-state index in [-0.39, 0.29) is 29.2 Å². The first-order chi connectivity index (χ1) is 9.68. The first-order valence-electron chi connectivity index (χ1n) is 7.92. The lowest BCUT2D eigenvalue weighted by molar-refractivity contribution is -0.138. The van der Waals surface area contributed by atoms with Gasteiger partial charge in [0.25, 0.3) is 0 Å². The van der Waals surface area contributed by atoms with Crippen LogP contribution in [0.3, 0.4) is 0 Å². The van der Waals surface area contributed by atoms with Gasteiger partial charge in [-0.3, -0.25) is 9.59 Å². The first kappa shape index (κ1) is 18.0. The molecule has 0 spiro atoms. The molecule has 2 atom stereocenters. The summed E-state index contributed by atoms with van der Waals surface area (Å²) in [6, 6.07) is -0.305. The second-order valence-corrected chi connectivity index (χ2v) is 7.45. The maximum Gasteiger partial charge on any atom is 0.305 e. The summed E-state index contributed by atoms with van der Waals surface area (Å²) in [7, 11) is 0. The van der Waals surface area contributed by atoms with E-state index in [9.17, 15) is 9.59 Å². The fraction of sp³-hybridized carbons (Fsp3) is 0.875. The molecule has 1 saturated heterocycles. The minimum atomic E-state index is -0.864. The molecule has 1 aliphatic rings. The maximum absolute atomic E-state index is 12.7. The van der Waals surface area contributed by atoms with Crippen LogP contribution in [0, 0.1) is 10.8 Å². The number of carboxylic acid groups (broad SMARTS) is 1. The largest absolute Gasteiger partial charge is 0.481 e. The van der Waals surface area contributed by atoms with Gasteiger partial charge in [-0.25, -0.2) is 0 Å². The van der Waals surface area contributed by atoms with Gasteiger partial charge in [0.1, 0.15) is 0 Å². The lowest BCUT2D eigenvalue weighted by Gasteiger charge is -2.37. The van der Waals surface area contributed by atoms with Crippen LogP contribution in [0.5, 0.6) is 0 Å². The van der Waals surface area contributed by atoms with Crippen LogP contribution in [0.15, 0.2) is 0 Å². The SMILES string of the molecule is CCC1(C(=O)NC(CC(=O)O)CC(C)(C)C)CCCNC1. The van der Waals surface area contributed by atoms with Gasteiger partial charge in [0, 0.05) is 12.6 Å². The van der Waals surface area contributed by atoms with Gasteiger partial charge in [0.05, 0.1) is 11.8 Å². The molecule has 21 heavy (non-hydrogen) atoms. The summed E-state index contributed by atoms with van der Waals surface area (Å²) in [4.78, 5) is 23.7. The number of amides is 1. The zero-order valence-corrected chi connectivity index (χ0v) is 13.8. The van der Waals surface area contributed by atoms with E-state index >= 15 is 0 Å². The number of aliphatic carboxylic acids is 1. The number of rotatable bonds is 6. The van der Waals surface area contributed by atoms with Gasteiger partial charge in [-0.15, -0.1) is 0 Å². The highest BCUT2D eigenvalue weighted by Gasteiger charge is 2.39. The monoisotopic (exact) mass is 298 g/mol. The standard InChI is InChI=1S/C16H30N2O3/c1-5-16(7-6-8-17-11-16)14(21)18-12(9-13(19)20)10-15(2,3)4/h12,17H,5-11H2,1-4H3,(H,18,21)(H,19,20). The molecule has 1 aliphatic heterocycles. The van der Waals surface area contributed by atoms with E-state index in [0.29, 0.717) is 13.0 Å². The number of carbonyl (C=O) groups excluding carboxylic acids is 1. The molecule has 0 aromatic heterocycles. The van der Waals surface area contributed by atoms with Crippen LogP contribution in [0.2, 0.25) is 0 Å². The van der Waals surface area contributed by atoms with Gasteiger partial charge in [-0.05, 0) is 37.6 Å². The third-order valence-electron chi connectivity index (χ3n) is 4.25. The van der Waals surface area contributed by atoms with Crippen molar-refractivity contribution in [3.8, 4) is 0 Å². The van der Waals surface area contributed by atoms with E-state index in [0.717, 1.165) is 25.8 Å². The second-order valence-electron chi connectivity index (χ2n) is 7.45. The minimum Gasteiger partial charge on any atom is -0.481 e. The van der Waals surface area contributed by atoms with E-state index in [4.69, 9.17) is 5.11 Å². The zero-order valence-electron chi connectivity index (χ0n) is 13.8. The van der Waals surface area contributed by atoms with Crippen molar-refractivity contribution in [2.75, 3.05) is 13.1 Å². The van der Waals surface area contributed by atoms with Crippen LogP contribution in [0.1, 0.15) is 59.8 Å². The number of hydrogen-bond acceptors (Lipinski definition) is 3. The number of piperidine rings is 1. The van der Waals surface area contributed by atoms with Crippen molar-refractivity contribution in [2.45, 2.75) is 65.8 Å².